The van der Waals surface area contributed by atoms with Crippen LogP contribution < -0.4 is 0 Å². The average Bonchev–Trinajstić information content (AvgIpc) is 3.24. The van der Waals surface area contributed by atoms with Crippen molar-refractivity contribution in [1.29, 1.82) is 0 Å². The van der Waals surface area contributed by atoms with Crippen molar-refractivity contribution < 1.29 is 9.59 Å². The quantitative estimate of drug-likeness (QED) is 0.825. The molecule has 1 N–H and O–H groups in total. The third kappa shape index (κ3) is 1.95. The molecule has 1 aromatic carbocycles. The Labute approximate surface area is 128 Å². The number of likely N-dealkylation sites (tertiary alicyclic amines) is 1. The van der Waals surface area contributed by atoms with Crippen LogP contribution in [0.4, 0.5) is 0 Å². The number of hydrogen-bond donors (Lipinski definition) is 1. The predicted octanol–water partition coefficient (Wildman–Crippen LogP) is 3.47. The molecule has 1 saturated carbocycles. The van der Waals surface area contributed by atoms with E-state index < -0.39 is 0 Å². The molecule has 1 heterocycles. The normalized spacial score (nSPS) is 41.7. The van der Waals surface area contributed by atoms with Crippen LogP contribution in [-0.2, 0) is 11.8 Å². The van der Waals surface area contributed by atoms with Crippen LogP contribution in [0.25, 0.3) is 0 Å². The summed E-state index contributed by atoms with van der Waals surface area (Å²) in [6.07, 6.45) is 5.35. The molecule has 0 aromatic heterocycles. The van der Waals surface area contributed by atoms with Crippen molar-refractivity contribution in [3.63, 3.8) is 0 Å². The molecule has 2 fully saturated rings. The zero-order valence-electron chi connectivity index (χ0n) is 13.6. The largest absolute Gasteiger partial charge is 0.508 e. The van der Waals surface area contributed by atoms with E-state index in [0.29, 0.717) is 11.7 Å². The lowest BCUT2D eigenvalue weighted by Crippen LogP contribution is -2.67. The molecular weight excluding hydrogens is 258 g/mol. The number of likely N-dealkylation sites (N-methyl/N-ethyl adjacent to an activating group) is 1. The highest BCUT2D eigenvalue weighted by atomic mass is 16.3. The van der Waals surface area contributed by atoms with Crippen LogP contribution in [0.5, 0.6) is 5.75 Å². The molecule has 21 heavy (non-hydrogen) atoms. The molecule has 2 heteroatoms. The maximum absolute atomic E-state index is 9.91. The first-order valence-corrected chi connectivity index (χ1v) is 8.59. The van der Waals surface area contributed by atoms with E-state index in [9.17, 15) is 5.11 Å². The highest BCUT2D eigenvalue weighted by Crippen LogP contribution is 2.52. The lowest BCUT2D eigenvalue weighted by molar-refractivity contribution is -0.946. The van der Waals surface area contributed by atoms with Crippen LogP contribution in [0, 0.1) is 11.8 Å². The van der Waals surface area contributed by atoms with Crippen LogP contribution in [0.1, 0.15) is 44.2 Å². The number of rotatable bonds is 2. The summed E-state index contributed by atoms with van der Waals surface area (Å²) in [5.41, 5.74) is 3.15. The summed E-state index contributed by atoms with van der Waals surface area (Å²) < 4.78 is 1.28. The van der Waals surface area contributed by atoms with Crippen molar-refractivity contribution in [2.45, 2.75) is 51.0 Å². The predicted molar refractivity (Wildman–Crippen MR) is 85.4 cm³/mol. The van der Waals surface area contributed by atoms with Crippen molar-refractivity contribution in [2.75, 3.05) is 20.1 Å². The molecule has 0 spiro atoms. The number of phenolic OH excluding ortho intramolecular Hbond substituents is 1. The van der Waals surface area contributed by atoms with E-state index in [4.69, 9.17) is 0 Å². The average molecular weight is 286 g/mol. The summed E-state index contributed by atoms with van der Waals surface area (Å²) in [5, 5.41) is 9.91. The molecule has 1 aromatic rings. The Morgan fingerprint density at radius 3 is 2.81 bits per heavy atom. The number of aromatic hydroxyl groups is 1. The summed E-state index contributed by atoms with van der Waals surface area (Å²) in [6, 6.07) is 6.84. The van der Waals surface area contributed by atoms with Gasteiger partial charge in [-0.1, -0.05) is 19.9 Å². The first-order chi connectivity index (χ1) is 9.92. The van der Waals surface area contributed by atoms with Crippen molar-refractivity contribution in [3.05, 3.63) is 29.3 Å². The second-order valence-electron chi connectivity index (χ2n) is 8.40. The van der Waals surface area contributed by atoms with Crippen LogP contribution in [0.3, 0.4) is 0 Å². The van der Waals surface area contributed by atoms with Crippen LogP contribution in [-0.4, -0.2) is 35.8 Å². The molecule has 3 aliphatic rings. The molecule has 4 atom stereocenters. The van der Waals surface area contributed by atoms with Crippen LogP contribution in [0.15, 0.2) is 18.2 Å². The minimum atomic E-state index is 0.248. The van der Waals surface area contributed by atoms with E-state index in [1.165, 1.54) is 54.4 Å². The molecule has 0 radical (unpaired) electrons. The van der Waals surface area contributed by atoms with E-state index >= 15 is 0 Å². The Hall–Kier alpha value is -1.02. The Morgan fingerprint density at radius 1 is 1.33 bits per heavy atom. The van der Waals surface area contributed by atoms with Crippen molar-refractivity contribution >= 4 is 0 Å². The van der Waals surface area contributed by atoms with Gasteiger partial charge in [0.05, 0.1) is 26.2 Å². The van der Waals surface area contributed by atoms with Gasteiger partial charge in [-0.15, -0.1) is 0 Å². The number of piperidine rings is 1. The lowest BCUT2D eigenvalue weighted by Gasteiger charge is -2.58. The molecule has 2 aliphatic carbocycles. The molecular formula is C19H28NO+. The third-order valence-electron chi connectivity index (χ3n) is 7.03. The van der Waals surface area contributed by atoms with Gasteiger partial charge < -0.3 is 9.59 Å². The van der Waals surface area contributed by atoms with Gasteiger partial charge >= 0.3 is 0 Å². The first-order valence-electron chi connectivity index (χ1n) is 8.59. The van der Waals surface area contributed by atoms with E-state index in [1.807, 2.05) is 12.1 Å². The fraction of sp³-hybridized carbons (Fsp3) is 0.684. The number of phenols is 1. The maximum Gasteiger partial charge on any atom is 0.115 e. The van der Waals surface area contributed by atoms with Gasteiger partial charge in [0.2, 0.25) is 0 Å². The summed E-state index contributed by atoms with van der Waals surface area (Å²) in [5.74, 6) is 2.12. The van der Waals surface area contributed by atoms with E-state index in [0.717, 1.165) is 12.0 Å². The zero-order valence-corrected chi connectivity index (χ0v) is 13.6. The summed E-state index contributed by atoms with van der Waals surface area (Å²) in [6.45, 7) is 7.58. The van der Waals surface area contributed by atoms with Gasteiger partial charge in [0.15, 0.2) is 0 Å². The lowest BCUT2D eigenvalue weighted by atomic mass is 9.58. The number of hydrogen-bond acceptors (Lipinski definition) is 1. The first kappa shape index (κ1) is 13.6. The second kappa shape index (κ2) is 4.25. The molecule has 4 rings (SSSR count). The van der Waals surface area contributed by atoms with Gasteiger partial charge in [-0.25, -0.2) is 0 Å². The van der Waals surface area contributed by atoms with Gasteiger partial charge in [-0.3, -0.25) is 0 Å². The minimum Gasteiger partial charge on any atom is -0.508 e. The van der Waals surface area contributed by atoms with E-state index in [1.54, 1.807) is 0 Å². The van der Waals surface area contributed by atoms with Crippen molar-refractivity contribution in [2.24, 2.45) is 11.8 Å². The molecule has 2 bridgehead atoms. The zero-order chi connectivity index (χ0) is 14.8. The Bertz CT molecular complexity index is 579. The standard InChI is InChI=1S/C19H27NO/c1-13-18-10-15-6-7-16(21)11-17(15)19(13,2)8-9-20(18,3)12-14-4-5-14/h6-7,11,13-14,18H,4-5,8-10,12H2,1-3H3/p+1/t13-,18+,19+,20?/m0/s1. The molecule has 1 aliphatic heterocycles. The number of benzene rings is 1. The third-order valence-corrected chi connectivity index (χ3v) is 7.03. The Kier molecular flexibility index (Phi) is 2.76. The van der Waals surface area contributed by atoms with Gasteiger partial charge in [-0.2, -0.15) is 0 Å². The van der Waals surface area contributed by atoms with E-state index in [-0.39, 0.29) is 5.41 Å². The number of quaternary nitrogens is 1. The van der Waals surface area contributed by atoms with E-state index in [2.05, 4.69) is 27.0 Å². The molecule has 1 saturated heterocycles. The van der Waals surface area contributed by atoms with Gasteiger partial charge in [0.1, 0.15) is 5.75 Å². The SMILES string of the molecule is C[C@H]1[C@H]2Cc3ccc(O)cc3[C@]1(C)CC[N+]2(C)CC1CC1. The molecule has 0 amide bonds. The topological polar surface area (TPSA) is 20.2 Å². The van der Waals surface area contributed by atoms with Gasteiger partial charge in [0, 0.05) is 30.1 Å². The summed E-state index contributed by atoms with van der Waals surface area (Å²) in [7, 11) is 2.50. The highest BCUT2D eigenvalue weighted by Gasteiger charge is 2.55. The van der Waals surface area contributed by atoms with Crippen molar-refractivity contribution in [3.8, 4) is 5.75 Å². The fourth-order valence-electron chi connectivity index (χ4n) is 5.24. The number of fused-ring (bicyclic) bond motifs is 4. The second-order valence-corrected chi connectivity index (χ2v) is 8.40. The van der Waals surface area contributed by atoms with Gasteiger partial charge in [0.25, 0.3) is 0 Å². The minimum absolute atomic E-state index is 0.248. The monoisotopic (exact) mass is 286 g/mol. The smallest absolute Gasteiger partial charge is 0.115 e. The highest BCUT2D eigenvalue weighted by molar-refractivity contribution is 5.43. The molecule has 114 valence electrons. The summed E-state index contributed by atoms with van der Waals surface area (Å²) >= 11 is 0. The molecule has 2 nitrogen and oxygen atoms in total. The fourth-order valence-corrected chi connectivity index (χ4v) is 5.24. The maximum atomic E-state index is 9.91. The Morgan fingerprint density at radius 2 is 2.10 bits per heavy atom. The van der Waals surface area contributed by atoms with Crippen LogP contribution in [0.2, 0.25) is 0 Å². The van der Waals surface area contributed by atoms with Crippen molar-refractivity contribution in [1.82, 2.24) is 0 Å². The van der Waals surface area contributed by atoms with Crippen LogP contribution >= 0.6 is 0 Å². The summed E-state index contributed by atoms with van der Waals surface area (Å²) in [4.78, 5) is 0. The Balaban J connectivity index is 1.76. The molecule has 1 unspecified atom stereocenters. The van der Waals surface area contributed by atoms with Gasteiger partial charge in [-0.05, 0) is 36.1 Å². The number of nitrogens with zero attached hydrogens (tertiary/aromatic N) is 1.